The van der Waals surface area contributed by atoms with Crippen LogP contribution in [-0.4, -0.2) is 78.8 Å². The number of β-amino-alcohol motifs (C(OH)–C–C–N with tert-alkyl or cyclic N) is 1. The molecule has 1 amide bonds. The summed E-state index contributed by atoms with van der Waals surface area (Å²) in [6.07, 6.45) is 1.90. The van der Waals surface area contributed by atoms with Crippen LogP contribution in [0.1, 0.15) is 18.4 Å². The lowest BCUT2D eigenvalue weighted by molar-refractivity contribution is -0.122. The molecule has 2 aliphatic heterocycles. The first-order valence-electron chi connectivity index (χ1n) is 9.36. The molecule has 3 N–H and O–H groups in total. The van der Waals surface area contributed by atoms with Crippen molar-refractivity contribution in [3.8, 4) is 0 Å². The monoisotopic (exact) mass is 346 g/mol. The van der Waals surface area contributed by atoms with Gasteiger partial charge < -0.3 is 15.7 Å². The molecule has 0 unspecified atom stereocenters. The summed E-state index contributed by atoms with van der Waals surface area (Å²) < 4.78 is 0. The van der Waals surface area contributed by atoms with Gasteiger partial charge in [-0.3, -0.25) is 14.6 Å². The fourth-order valence-electron chi connectivity index (χ4n) is 3.78. The number of carbonyl (C=O) groups excluding carboxylic acids is 1. The van der Waals surface area contributed by atoms with E-state index in [2.05, 4.69) is 20.4 Å². The number of nitrogens with one attached hydrogen (secondary N) is 2. The highest BCUT2D eigenvalue weighted by Gasteiger charge is 2.27. The summed E-state index contributed by atoms with van der Waals surface area (Å²) in [5.41, 5.74) is 1.10. The Morgan fingerprint density at radius 1 is 1.16 bits per heavy atom. The highest BCUT2D eigenvalue weighted by molar-refractivity contribution is 5.78. The van der Waals surface area contributed by atoms with Crippen molar-refractivity contribution >= 4 is 5.91 Å². The maximum absolute atomic E-state index is 12.2. The van der Waals surface area contributed by atoms with E-state index in [1.807, 2.05) is 30.3 Å². The molecule has 0 radical (unpaired) electrons. The van der Waals surface area contributed by atoms with Gasteiger partial charge in [-0.2, -0.15) is 0 Å². The van der Waals surface area contributed by atoms with Crippen LogP contribution in [0.3, 0.4) is 0 Å². The zero-order valence-electron chi connectivity index (χ0n) is 14.9. The molecule has 6 nitrogen and oxygen atoms in total. The van der Waals surface area contributed by atoms with Crippen LogP contribution < -0.4 is 10.6 Å². The Morgan fingerprint density at radius 2 is 1.92 bits per heavy atom. The summed E-state index contributed by atoms with van der Waals surface area (Å²) in [7, 11) is 0. The largest absolute Gasteiger partial charge is 0.390 e. The molecule has 6 heteroatoms. The van der Waals surface area contributed by atoms with Crippen molar-refractivity contribution in [3.05, 3.63) is 35.9 Å². The van der Waals surface area contributed by atoms with Gasteiger partial charge in [-0.1, -0.05) is 30.3 Å². The lowest BCUT2D eigenvalue weighted by Crippen LogP contribution is -2.46. The van der Waals surface area contributed by atoms with Gasteiger partial charge in [0.15, 0.2) is 0 Å². The quantitative estimate of drug-likeness (QED) is 0.702. The topological polar surface area (TPSA) is 67.8 Å². The van der Waals surface area contributed by atoms with Crippen molar-refractivity contribution in [2.45, 2.75) is 31.5 Å². The van der Waals surface area contributed by atoms with E-state index in [1.54, 1.807) is 0 Å². The molecule has 1 atom stereocenters. The fraction of sp³-hybridized carbons (Fsp3) is 0.632. The second-order valence-corrected chi connectivity index (χ2v) is 7.13. The zero-order valence-corrected chi connectivity index (χ0v) is 14.9. The van der Waals surface area contributed by atoms with E-state index < -0.39 is 0 Å². The number of aliphatic hydroxyl groups is 1. The molecule has 0 bridgehead atoms. The van der Waals surface area contributed by atoms with Crippen LogP contribution in [-0.2, 0) is 11.3 Å². The van der Waals surface area contributed by atoms with Crippen LogP contribution in [0.4, 0.5) is 0 Å². The number of amides is 1. The van der Waals surface area contributed by atoms with Crippen molar-refractivity contribution in [3.63, 3.8) is 0 Å². The average molecular weight is 346 g/mol. The van der Waals surface area contributed by atoms with Gasteiger partial charge in [0, 0.05) is 38.8 Å². The predicted molar refractivity (Wildman–Crippen MR) is 98.2 cm³/mol. The molecule has 2 fully saturated rings. The Bertz CT molecular complexity index is 533. The minimum Gasteiger partial charge on any atom is -0.390 e. The third kappa shape index (κ3) is 5.78. The van der Waals surface area contributed by atoms with E-state index in [9.17, 15) is 9.90 Å². The first-order chi connectivity index (χ1) is 12.2. The molecule has 1 aromatic rings. The Hall–Kier alpha value is -1.47. The summed E-state index contributed by atoms with van der Waals surface area (Å²) in [5, 5.41) is 16.7. The zero-order chi connectivity index (χ0) is 17.5. The Kier molecular flexibility index (Phi) is 6.81. The molecule has 138 valence electrons. The van der Waals surface area contributed by atoms with Crippen molar-refractivity contribution in [1.29, 1.82) is 0 Å². The molecule has 25 heavy (non-hydrogen) atoms. The van der Waals surface area contributed by atoms with Gasteiger partial charge in [0.1, 0.15) is 0 Å². The smallest absolute Gasteiger partial charge is 0.234 e. The second kappa shape index (κ2) is 9.29. The second-order valence-electron chi connectivity index (χ2n) is 7.13. The van der Waals surface area contributed by atoms with E-state index in [-0.39, 0.29) is 12.0 Å². The van der Waals surface area contributed by atoms with E-state index in [1.165, 1.54) is 0 Å². The molecule has 0 spiro atoms. The number of aliphatic hydroxyl groups excluding tert-OH is 1. The van der Waals surface area contributed by atoms with Crippen molar-refractivity contribution in [2.24, 2.45) is 0 Å². The minimum absolute atomic E-state index is 0.0198. The Balaban J connectivity index is 1.45. The molecule has 0 saturated carbocycles. The number of benzene rings is 1. The number of piperidine rings is 1. The first-order valence-corrected chi connectivity index (χ1v) is 9.36. The minimum atomic E-state index is -0.390. The normalized spacial score (nSPS) is 24.0. The molecule has 0 aliphatic carbocycles. The molecule has 2 saturated heterocycles. The fourth-order valence-corrected chi connectivity index (χ4v) is 3.78. The number of carbonyl (C=O) groups is 1. The molecule has 0 aromatic heterocycles. The third-order valence-corrected chi connectivity index (χ3v) is 5.14. The van der Waals surface area contributed by atoms with Gasteiger partial charge in [-0.05, 0) is 31.5 Å². The average Bonchev–Trinajstić information content (AvgIpc) is 2.83. The molecular weight excluding hydrogens is 316 g/mol. The highest BCUT2D eigenvalue weighted by Crippen LogP contribution is 2.15. The third-order valence-electron chi connectivity index (χ3n) is 5.14. The summed E-state index contributed by atoms with van der Waals surface area (Å²) in [6, 6.07) is 10.5. The van der Waals surface area contributed by atoms with Gasteiger partial charge in [-0.15, -0.1) is 0 Å². The Morgan fingerprint density at radius 3 is 2.68 bits per heavy atom. The van der Waals surface area contributed by atoms with E-state index in [0.29, 0.717) is 32.2 Å². The van der Waals surface area contributed by atoms with Crippen LogP contribution in [0.5, 0.6) is 0 Å². The van der Waals surface area contributed by atoms with Crippen LogP contribution in [0.15, 0.2) is 30.3 Å². The first kappa shape index (κ1) is 18.3. The van der Waals surface area contributed by atoms with Crippen molar-refractivity contribution < 1.29 is 9.90 Å². The predicted octanol–water partition coefficient (Wildman–Crippen LogP) is 0.0333. The number of hydrogen-bond acceptors (Lipinski definition) is 5. The SMILES string of the molecule is O=C(CN1CCN(C2CCNCC2)C[C@H](O)C1)NCc1ccccc1. The van der Waals surface area contributed by atoms with Crippen LogP contribution in [0.2, 0.25) is 0 Å². The van der Waals surface area contributed by atoms with Crippen molar-refractivity contribution in [1.82, 2.24) is 20.4 Å². The number of rotatable bonds is 5. The molecule has 2 aliphatic rings. The lowest BCUT2D eigenvalue weighted by Gasteiger charge is -2.34. The van der Waals surface area contributed by atoms with Crippen LogP contribution in [0.25, 0.3) is 0 Å². The molecular formula is C19H30N4O2. The van der Waals surface area contributed by atoms with Crippen molar-refractivity contribution in [2.75, 3.05) is 45.8 Å². The van der Waals surface area contributed by atoms with Gasteiger partial charge in [0.05, 0.1) is 12.6 Å². The van der Waals surface area contributed by atoms with E-state index in [0.717, 1.165) is 44.6 Å². The maximum Gasteiger partial charge on any atom is 0.234 e. The van der Waals surface area contributed by atoms with Gasteiger partial charge in [-0.25, -0.2) is 0 Å². The summed E-state index contributed by atoms with van der Waals surface area (Å²) >= 11 is 0. The summed E-state index contributed by atoms with van der Waals surface area (Å²) in [6.45, 7) is 6.06. The van der Waals surface area contributed by atoms with Gasteiger partial charge in [0.25, 0.3) is 0 Å². The lowest BCUT2D eigenvalue weighted by atomic mass is 10.0. The summed E-state index contributed by atoms with van der Waals surface area (Å²) in [5.74, 6) is 0.0198. The molecule has 2 heterocycles. The Labute approximate surface area is 150 Å². The number of nitrogens with zero attached hydrogens (tertiary/aromatic N) is 2. The summed E-state index contributed by atoms with van der Waals surface area (Å²) in [4.78, 5) is 16.7. The molecule has 3 rings (SSSR count). The van der Waals surface area contributed by atoms with Crippen LogP contribution >= 0.6 is 0 Å². The standard InChI is InChI=1S/C19H30N4O2/c24-18-13-22(10-11-23(14-18)17-6-8-20-9-7-17)15-19(25)21-12-16-4-2-1-3-5-16/h1-5,17-18,20,24H,6-15H2,(H,21,25)/t18-/m1/s1. The van der Waals surface area contributed by atoms with Gasteiger partial charge >= 0.3 is 0 Å². The van der Waals surface area contributed by atoms with Gasteiger partial charge in [0.2, 0.25) is 5.91 Å². The number of hydrogen-bond donors (Lipinski definition) is 3. The highest BCUT2D eigenvalue weighted by atomic mass is 16.3. The maximum atomic E-state index is 12.2. The molecule has 1 aromatic carbocycles. The van der Waals surface area contributed by atoms with E-state index >= 15 is 0 Å². The van der Waals surface area contributed by atoms with Crippen LogP contribution in [0, 0.1) is 0 Å². The van der Waals surface area contributed by atoms with E-state index in [4.69, 9.17) is 0 Å².